The van der Waals surface area contributed by atoms with Gasteiger partial charge in [-0.15, -0.1) is 21.5 Å². The molecule has 3 aromatic rings. The van der Waals surface area contributed by atoms with Crippen molar-refractivity contribution in [3.8, 4) is 5.00 Å². The van der Waals surface area contributed by atoms with Gasteiger partial charge in [-0.3, -0.25) is 14.4 Å². The molecule has 0 fully saturated rings. The Labute approximate surface area is 166 Å². The molecular formula is C20H19ClN4OS. The van der Waals surface area contributed by atoms with Crippen LogP contribution in [0.2, 0.25) is 5.02 Å². The summed E-state index contributed by atoms with van der Waals surface area (Å²) in [7, 11) is 0. The third kappa shape index (κ3) is 3.03. The summed E-state index contributed by atoms with van der Waals surface area (Å²) in [5.74, 6) is 1.59. The van der Waals surface area contributed by atoms with Crippen molar-refractivity contribution in [1.82, 2.24) is 14.8 Å². The molecule has 7 heteroatoms. The predicted molar refractivity (Wildman–Crippen MR) is 109 cm³/mol. The Morgan fingerprint density at radius 2 is 1.89 bits per heavy atom. The minimum atomic E-state index is -0.367. The van der Waals surface area contributed by atoms with Crippen LogP contribution in [0.25, 0.3) is 5.00 Å². The van der Waals surface area contributed by atoms with Crippen molar-refractivity contribution in [2.45, 2.75) is 40.2 Å². The molecule has 27 heavy (non-hydrogen) atoms. The molecule has 2 aromatic heterocycles. The molecule has 0 saturated carbocycles. The van der Waals surface area contributed by atoms with E-state index in [0.717, 1.165) is 27.7 Å². The Kier molecular flexibility index (Phi) is 4.48. The van der Waals surface area contributed by atoms with Gasteiger partial charge in [0.05, 0.1) is 5.71 Å². The summed E-state index contributed by atoms with van der Waals surface area (Å²) in [4.78, 5) is 18.2. The number of Topliss-reactive ketones (excluding diaryl/α,β-unsaturated/α-hetero) is 1. The third-order valence-electron chi connectivity index (χ3n) is 4.84. The lowest BCUT2D eigenvalue weighted by Crippen LogP contribution is -2.09. The number of hydrogen-bond donors (Lipinski definition) is 0. The Balaban J connectivity index is 2.04. The van der Waals surface area contributed by atoms with Crippen LogP contribution in [0.4, 0.5) is 0 Å². The first kappa shape index (κ1) is 18.1. The number of benzene rings is 1. The molecule has 4 rings (SSSR count). The maximum absolute atomic E-state index is 11.9. The zero-order chi connectivity index (χ0) is 19.3. The van der Waals surface area contributed by atoms with E-state index < -0.39 is 0 Å². The van der Waals surface area contributed by atoms with Crippen molar-refractivity contribution in [3.63, 3.8) is 0 Å². The molecule has 0 unspecified atom stereocenters. The Bertz CT molecular complexity index is 1080. The fraction of sp³-hybridized carbons (Fsp3) is 0.300. The van der Waals surface area contributed by atoms with E-state index in [0.29, 0.717) is 17.3 Å². The SMILES string of the molecule is CC(=O)C[C@@H]1N=C(c2ccc(Cl)cc2)c2c(sc(C)c2C)-n2c(C)nnc21. The van der Waals surface area contributed by atoms with Crippen molar-refractivity contribution in [3.05, 3.63) is 62.5 Å². The lowest BCUT2D eigenvalue weighted by Gasteiger charge is -2.11. The number of halogens is 1. The molecule has 5 nitrogen and oxygen atoms in total. The van der Waals surface area contributed by atoms with Gasteiger partial charge in [0.2, 0.25) is 0 Å². The highest BCUT2D eigenvalue weighted by Gasteiger charge is 2.31. The van der Waals surface area contributed by atoms with E-state index in [1.54, 1.807) is 18.3 Å². The standard InChI is InChI=1S/C20H19ClN4OS/c1-10(26)9-16-19-24-23-13(4)25(19)20-17(11(2)12(3)27-20)18(22-16)14-5-7-15(21)8-6-14/h5-8,16H,9H2,1-4H3/t16-/m0/s1. The molecule has 0 spiro atoms. The van der Waals surface area contributed by atoms with Crippen molar-refractivity contribution >= 4 is 34.4 Å². The van der Waals surface area contributed by atoms with E-state index in [-0.39, 0.29) is 11.8 Å². The van der Waals surface area contributed by atoms with E-state index in [2.05, 4.69) is 28.6 Å². The highest BCUT2D eigenvalue weighted by molar-refractivity contribution is 7.15. The number of ketones is 1. The number of carbonyl (C=O) groups excluding carboxylic acids is 1. The predicted octanol–water partition coefficient (Wildman–Crippen LogP) is 4.78. The minimum Gasteiger partial charge on any atom is -0.300 e. The minimum absolute atomic E-state index is 0.0737. The maximum atomic E-state index is 11.9. The second-order valence-corrected chi connectivity index (χ2v) is 8.45. The van der Waals surface area contributed by atoms with Gasteiger partial charge in [-0.2, -0.15) is 0 Å². The average molecular weight is 399 g/mol. The van der Waals surface area contributed by atoms with Crippen LogP contribution in [0.3, 0.4) is 0 Å². The fourth-order valence-electron chi connectivity index (χ4n) is 3.40. The first-order valence-electron chi connectivity index (χ1n) is 8.72. The van der Waals surface area contributed by atoms with E-state index in [9.17, 15) is 4.79 Å². The zero-order valence-electron chi connectivity index (χ0n) is 15.6. The number of carbonyl (C=O) groups is 1. The Hall–Kier alpha value is -2.31. The van der Waals surface area contributed by atoms with Crippen LogP contribution in [0, 0.1) is 20.8 Å². The van der Waals surface area contributed by atoms with Crippen LogP contribution in [-0.4, -0.2) is 26.3 Å². The van der Waals surface area contributed by atoms with Crippen LogP contribution in [-0.2, 0) is 4.79 Å². The molecule has 3 heterocycles. The summed E-state index contributed by atoms with van der Waals surface area (Å²) in [6.45, 7) is 7.74. The molecule has 1 aromatic carbocycles. The molecule has 1 aliphatic rings. The molecule has 0 aliphatic carbocycles. The summed E-state index contributed by atoms with van der Waals surface area (Å²) in [6, 6.07) is 7.31. The Morgan fingerprint density at radius 3 is 2.56 bits per heavy atom. The number of thiophene rings is 1. The van der Waals surface area contributed by atoms with Crippen LogP contribution < -0.4 is 0 Å². The number of aliphatic imine (C=N–C) groups is 1. The van der Waals surface area contributed by atoms with Gasteiger partial charge in [0, 0.05) is 27.4 Å². The average Bonchev–Trinajstić information content (AvgIpc) is 3.08. The van der Waals surface area contributed by atoms with Gasteiger partial charge in [0.1, 0.15) is 22.7 Å². The van der Waals surface area contributed by atoms with Crippen LogP contribution in [0.1, 0.15) is 52.6 Å². The van der Waals surface area contributed by atoms with Gasteiger partial charge in [0.15, 0.2) is 5.82 Å². The number of rotatable bonds is 3. The van der Waals surface area contributed by atoms with E-state index in [4.69, 9.17) is 16.6 Å². The third-order valence-corrected chi connectivity index (χ3v) is 6.28. The smallest absolute Gasteiger partial charge is 0.163 e. The summed E-state index contributed by atoms with van der Waals surface area (Å²) in [6.07, 6.45) is 0.294. The lowest BCUT2D eigenvalue weighted by atomic mass is 9.99. The summed E-state index contributed by atoms with van der Waals surface area (Å²) in [5, 5.41) is 10.4. The number of hydrogen-bond acceptors (Lipinski definition) is 5. The largest absolute Gasteiger partial charge is 0.300 e. The molecule has 0 N–H and O–H groups in total. The molecule has 0 saturated heterocycles. The van der Waals surface area contributed by atoms with E-state index in [1.807, 2.05) is 31.2 Å². The normalized spacial score (nSPS) is 15.7. The van der Waals surface area contributed by atoms with Gasteiger partial charge in [-0.1, -0.05) is 23.7 Å². The fourth-order valence-corrected chi connectivity index (χ4v) is 4.74. The highest BCUT2D eigenvalue weighted by atomic mass is 35.5. The van der Waals surface area contributed by atoms with Crippen LogP contribution >= 0.6 is 22.9 Å². The van der Waals surface area contributed by atoms with Gasteiger partial charge in [0.25, 0.3) is 0 Å². The topological polar surface area (TPSA) is 60.1 Å². The first-order chi connectivity index (χ1) is 12.9. The van der Waals surface area contributed by atoms with Gasteiger partial charge >= 0.3 is 0 Å². The zero-order valence-corrected chi connectivity index (χ0v) is 17.1. The maximum Gasteiger partial charge on any atom is 0.163 e. The van der Waals surface area contributed by atoms with Crippen molar-refractivity contribution in [2.75, 3.05) is 0 Å². The molecule has 1 atom stereocenters. The number of fused-ring (bicyclic) bond motifs is 3. The quantitative estimate of drug-likeness (QED) is 0.637. The second kappa shape index (κ2) is 6.69. The molecule has 138 valence electrons. The van der Waals surface area contributed by atoms with Crippen LogP contribution in [0.5, 0.6) is 0 Å². The molecular weight excluding hydrogens is 380 g/mol. The number of aromatic nitrogens is 3. The number of nitrogens with zero attached hydrogens (tertiary/aromatic N) is 4. The monoisotopic (exact) mass is 398 g/mol. The van der Waals surface area contributed by atoms with E-state index >= 15 is 0 Å². The van der Waals surface area contributed by atoms with Gasteiger partial charge in [-0.25, -0.2) is 0 Å². The molecule has 0 amide bonds. The first-order valence-corrected chi connectivity index (χ1v) is 9.92. The second-order valence-electron chi connectivity index (χ2n) is 6.81. The number of aryl methyl sites for hydroxylation is 2. The summed E-state index contributed by atoms with van der Waals surface area (Å²) < 4.78 is 2.06. The van der Waals surface area contributed by atoms with Crippen molar-refractivity contribution in [2.24, 2.45) is 4.99 Å². The molecule has 0 bridgehead atoms. The summed E-state index contributed by atoms with van der Waals surface area (Å²) >= 11 is 7.79. The van der Waals surface area contributed by atoms with Crippen molar-refractivity contribution in [1.29, 1.82) is 0 Å². The van der Waals surface area contributed by atoms with Gasteiger partial charge < -0.3 is 0 Å². The summed E-state index contributed by atoms with van der Waals surface area (Å²) in [5.41, 5.74) is 4.12. The Morgan fingerprint density at radius 1 is 1.19 bits per heavy atom. The molecule has 0 radical (unpaired) electrons. The van der Waals surface area contributed by atoms with Crippen LogP contribution in [0.15, 0.2) is 29.3 Å². The highest BCUT2D eigenvalue weighted by Crippen LogP contribution is 2.39. The van der Waals surface area contributed by atoms with Crippen molar-refractivity contribution < 1.29 is 4.79 Å². The molecule has 1 aliphatic heterocycles. The lowest BCUT2D eigenvalue weighted by molar-refractivity contribution is -0.117. The van der Waals surface area contributed by atoms with E-state index in [1.165, 1.54) is 10.4 Å². The van der Waals surface area contributed by atoms with Gasteiger partial charge in [-0.05, 0) is 45.4 Å².